The number of imidazole rings is 1. The molecule has 0 aliphatic rings. The maximum atomic E-state index is 5.69. The molecule has 0 fully saturated rings. The fourth-order valence-corrected chi connectivity index (χ4v) is 2.68. The molecule has 2 aromatic rings. The van der Waals surface area contributed by atoms with Gasteiger partial charge in [0.05, 0.1) is 6.33 Å². The van der Waals surface area contributed by atoms with E-state index in [2.05, 4.69) is 26.9 Å². The second-order valence-corrected chi connectivity index (χ2v) is 4.99. The standard InChI is InChI=1S/C9H11ClN4S/c1-6(2-3-10)15-9-7-8(12-4-11-7)13-5-14-9/h4-6H,2-3H2,1H3,(H,11,12,13,14). The Morgan fingerprint density at radius 2 is 2.33 bits per heavy atom. The SMILES string of the molecule is CC(CCCl)Sc1ncnc2nc[nH]c12. The Labute approximate surface area is 96.9 Å². The monoisotopic (exact) mass is 242 g/mol. The minimum Gasteiger partial charge on any atom is -0.341 e. The molecule has 4 nitrogen and oxygen atoms in total. The highest BCUT2D eigenvalue weighted by Crippen LogP contribution is 2.27. The number of hydrogen-bond acceptors (Lipinski definition) is 4. The molecule has 6 heteroatoms. The predicted octanol–water partition coefficient (Wildman–Crippen LogP) is 2.46. The summed E-state index contributed by atoms with van der Waals surface area (Å²) in [7, 11) is 0. The van der Waals surface area contributed by atoms with Crippen LogP contribution in [0.5, 0.6) is 0 Å². The number of halogens is 1. The van der Waals surface area contributed by atoms with E-state index in [-0.39, 0.29) is 0 Å². The molecule has 0 aromatic carbocycles. The second-order valence-electron chi connectivity index (χ2n) is 3.19. The van der Waals surface area contributed by atoms with Crippen molar-refractivity contribution in [1.29, 1.82) is 0 Å². The third-order valence-electron chi connectivity index (χ3n) is 2.02. The zero-order valence-electron chi connectivity index (χ0n) is 8.27. The van der Waals surface area contributed by atoms with E-state index in [0.29, 0.717) is 16.8 Å². The van der Waals surface area contributed by atoms with Gasteiger partial charge in [-0.05, 0) is 6.42 Å². The summed E-state index contributed by atoms with van der Waals surface area (Å²) in [6.45, 7) is 2.14. The van der Waals surface area contributed by atoms with Crippen LogP contribution in [0.2, 0.25) is 0 Å². The summed E-state index contributed by atoms with van der Waals surface area (Å²) >= 11 is 7.39. The van der Waals surface area contributed by atoms with Gasteiger partial charge in [-0.25, -0.2) is 15.0 Å². The first kappa shape index (κ1) is 10.7. The second kappa shape index (κ2) is 4.81. The molecule has 0 bridgehead atoms. The van der Waals surface area contributed by atoms with Crippen molar-refractivity contribution in [2.75, 3.05) is 5.88 Å². The Hall–Kier alpha value is -0.810. The highest BCUT2D eigenvalue weighted by molar-refractivity contribution is 8.00. The lowest BCUT2D eigenvalue weighted by Crippen LogP contribution is -1.98. The summed E-state index contributed by atoms with van der Waals surface area (Å²) in [5.41, 5.74) is 1.62. The van der Waals surface area contributed by atoms with Gasteiger partial charge in [-0.15, -0.1) is 23.4 Å². The van der Waals surface area contributed by atoms with Gasteiger partial charge in [0.15, 0.2) is 5.65 Å². The number of thioether (sulfide) groups is 1. The van der Waals surface area contributed by atoms with Crippen molar-refractivity contribution in [3.8, 4) is 0 Å². The van der Waals surface area contributed by atoms with E-state index in [1.807, 2.05) is 0 Å². The molecule has 0 saturated carbocycles. The van der Waals surface area contributed by atoms with Crippen molar-refractivity contribution in [3.63, 3.8) is 0 Å². The van der Waals surface area contributed by atoms with Crippen LogP contribution in [-0.2, 0) is 0 Å². The number of H-pyrrole nitrogens is 1. The number of rotatable bonds is 4. The Kier molecular flexibility index (Phi) is 3.43. The van der Waals surface area contributed by atoms with Crippen LogP contribution in [0.4, 0.5) is 0 Å². The first-order valence-electron chi connectivity index (χ1n) is 4.68. The third kappa shape index (κ3) is 2.41. The van der Waals surface area contributed by atoms with Gasteiger partial charge in [0.25, 0.3) is 0 Å². The van der Waals surface area contributed by atoms with Gasteiger partial charge >= 0.3 is 0 Å². The van der Waals surface area contributed by atoms with Crippen molar-refractivity contribution >= 4 is 34.5 Å². The summed E-state index contributed by atoms with van der Waals surface area (Å²) in [5.74, 6) is 0.672. The summed E-state index contributed by atoms with van der Waals surface area (Å²) < 4.78 is 0. The lowest BCUT2D eigenvalue weighted by atomic mass is 10.4. The molecule has 0 aliphatic carbocycles. The summed E-state index contributed by atoms with van der Waals surface area (Å²) in [5, 5.41) is 1.39. The van der Waals surface area contributed by atoms with E-state index in [0.717, 1.165) is 17.0 Å². The molecule has 1 unspecified atom stereocenters. The van der Waals surface area contributed by atoms with E-state index in [9.17, 15) is 0 Å². The smallest absolute Gasteiger partial charge is 0.181 e. The van der Waals surface area contributed by atoms with Gasteiger partial charge in [0.1, 0.15) is 16.9 Å². The number of aromatic nitrogens is 4. The maximum Gasteiger partial charge on any atom is 0.181 e. The largest absolute Gasteiger partial charge is 0.341 e. The average Bonchev–Trinajstić information content (AvgIpc) is 2.67. The lowest BCUT2D eigenvalue weighted by Gasteiger charge is -2.07. The van der Waals surface area contributed by atoms with E-state index in [4.69, 9.17) is 11.6 Å². The van der Waals surface area contributed by atoms with Crippen LogP contribution in [0.1, 0.15) is 13.3 Å². The molecule has 2 heterocycles. The van der Waals surface area contributed by atoms with Gasteiger partial charge in [-0.1, -0.05) is 6.92 Å². The number of alkyl halides is 1. The molecular formula is C9H11ClN4S. The molecule has 80 valence electrons. The first-order chi connectivity index (χ1) is 7.31. The lowest BCUT2D eigenvalue weighted by molar-refractivity contribution is 0.907. The summed E-state index contributed by atoms with van der Waals surface area (Å²) in [6.07, 6.45) is 4.14. The van der Waals surface area contributed by atoms with Crippen LogP contribution in [0.25, 0.3) is 11.2 Å². The van der Waals surface area contributed by atoms with Crippen LogP contribution < -0.4 is 0 Å². The number of nitrogens with zero attached hydrogens (tertiary/aromatic N) is 3. The normalized spacial score (nSPS) is 13.2. The molecule has 2 rings (SSSR count). The number of fused-ring (bicyclic) bond motifs is 1. The summed E-state index contributed by atoms with van der Waals surface area (Å²) in [6, 6.07) is 0. The Bertz CT molecular complexity index is 444. The predicted molar refractivity (Wildman–Crippen MR) is 62.3 cm³/mol. The molecule has 0 saturated heterocycles. The van der Waals surface area contributed by atoms with E-state index in [1.165, 1.54) is 0 Å². The van der Waals surface area contributed by atoms with Gasteiger partial charge in [0.2, 0.25) is 0 Å². The van der Waals surface area contributed by atoms with Crippen molar-refractivity contribution in [2.45, 2.75) is 23.6 Å². The van der Waals surface area contributed by atoms with Crippen molar-refractivity contribution < 1.29 is 0 Å². The van der Waals surface area contributed by atoms with Crippen molar-refractivity contribution in [3.05, 3.63) is 12.7 Å². The maximum absolute atomic E-state index is 5.69. The molecule has 0 aliphatic heterocycles. The molecule has 1 atom stereocenters. The van der Waals surface area contributed by atoms with E-state index >= 15 is 0 Å². The van der Waals surface area contributed by atoms with Crippen LogP contribution in [0.15, 0.2) is 17.7 Å². The highest BCUT2D eigenvalue weighted by Gasteiger charge is 2.10. The van der Waals surface area contributed by atoms with Crippen LogP contribution in [0, 0.1) is 0 Å². The fourth-order valence-electron chi connectivity index (χ4n) is 1.24. The highest BCUT2D eigenvalue weighted by atomic mass is 35.5. The minimum absolute atomic E-state index is 0.448. The quantitative estimate of drug-likeness (QED) is 0.508. The third-order valence-corrected chi connectivity index (χ3v) is 3.41. The topological polar surface area (TPSA) is 54.5 Å². The number of hydrogen-bond donors (Lipinski definition) is 1. The molecular weight excluding hydrogens is 232 g/mol. The van der Waals surface area contributed by atoms with Crippen LogP contribution in [0.3, 0.4) is 0 Å². The minimum atomic E-state index is 0.448. The van der Waals surface area contributed by atoms with E-state index < -0.39 is 0 Å². The van der Waals surface area contributed by atoms with Gasteiger partial charge < -0.3 is 4.98 Å². The van der Waals surface area contributed by atoms with E-state index in [1.54, 1.807) is 24.4 Å². The van der Waals surface area contributed by atoms with Crippen molar-refractivity contribution in [1.82, 2.24) is 19.9 Å². The molecule has 0 radical (unpaired) electrons. The van der Waals surface area contributed by atoms with Gasteiger partial charge in [0, 0.05) is 11.1 Å². The Balaban J connectivity index is 2.23. The van der Waals surface area contributed by atoms with Crippen LogP contribution in [-0.4, -0.2) is 31.1 Å². The van der Waals surface area contributed by atoms with Gasteiger partial charge in [-0.2, -0.15) is 0 Å². The summed E-state index contributed by atoms with van der Waals surface area (Å²) in [4.78, 5) is 15.4. The molecule has 15 heavy (non-hydrogen) atoms. The zero-order chi connectivity index (χ0) is 10.7. The average molecular weight is 243 g/mol. The van der Waals surface area contributed by atoms with Crippen LogP contribution >= 0.6 is 23.4 Å². The number of aromatic amines is 1. The fraction of sp³-hybridized carbons (Fsp3) is 0.444. The molecule has 0 amide bonds. The molecule has 0 spiro atoms. The Morgan fingerprint density at radius 1 is 1.47 bits per heavy atom. The zero-order valence-corrected chi connectivity index (χ0v) is 9.85. The first-order valence-corrected chi connectivity index (χ1v) is 6.09. The molecule has 2 aromatic heterocycles. The van der Waals surface area contributed by atoms with Crippen molar-refractivity contribution in [2.24, 2.45) is 0 Å². The van der Waals surface area contributed by atoms with Gasteiger partial charge in [-0.3, -0.25) is 0 Å². The molecule has 1 N–H and O–H groups in total. The Morgan fingerprint density at radius 3 is 3.13 bits per heavy atom. The number of nitrogens with one attached hydrogen (secondary N) is 1.